The Morgan fingerprint density at radius 2 is 2.16 bits per heavy atom. The molecule has 0 bridgehead atoms. The van der Waals surface area contributed by atoms with E-state index in [1.165, 1.54) is 0 Å². The molecule has 1 aromatic heterocycles. The lowest BCUT2D eigenvalue weighted by atomic mass is 10.0. The van der Waals surface area contributed by atoms with Crippen LogP contribution in [0, 0.1) is 16.0 Å². The Hall–Kier alpha value is -1.94. The van der Waals surface area contributed by atoms with E-state index in [-0.39, 0.29) is 16.5 Å². The van der Waals surface area contributed by atoms with Gasteiger partial charge in [-0.2, -0.15) is 0 Å². The summed E-state index contributed by atoms with van der Waals surface area (Å²) >= 11 is 6.10. The van der Waals surface area contributed by atoms with Gasteiger partial charge in [-0.25, -0.2) is 0 Å². The Morgan fingerprint density at radius 1 is 1.42 bits per heavy atom. The number of hydrogen-bond donors (Lipinski definition) is 0. The first-order valence-electron chi connectivity index (χ1n) is 5.90. The molecule has 2 rings (SSSR count). The number of hydrogen-bond acceptors (Lipinski definition) is 3. The normalized spacial score (nSPS) is 12.1. The summed E-state index contributed by atoms with van der Waals surface area (Å²) in [5, 5.41) is 12.4. The molecule has 0 saturated heterocycles. The van der Waals surface area contributed by atoms with Gasteiger partial charge in [0.05, 0.1) is 15.5 Å². The molecule has 0 N–H and O–H groups in total. The topological polar surface area (TPSA) is 56.0 Å². The van der Waals surface area contributed by atoms with Crippen LogP contribution in [0.15, 0.2) is 36.2 Å². The van der Waals surface area contributed by atoms with Gasteiger partial charge in [-0.15, -0.1) is 0 Å². The van der Waals surface area contributed by atoms with Gasteiger partial charge in [0.25, 0.3) is 0 Å². The van der Waals surface area contributed by atoms with Crippen LogP contribution in [0.5, 0.6) is 0 Å². The summed E-state index contributed by atoms with van der Waals surface area (Å²) in [7, 11) is 0. The van der Waals surface area contributed by atoms with E-state index in [0.29, 0.717) is 16.1 Å². The Balaban J connectivity index is 2.67. The Kier molecular flexibility index (Phi) is 3.81. The van der Waals surface area contributed by atoms with Crippen molar-refractivity contribution in [3.63, 3.8) is 0 Å². The zero-order valence-corrected chi connectivity index (χ0v) is 11.4. The van der Waals surface area contributed by atoms with E-state index >= 15 is 0 Å². The molecule has 5 heteroatoms. The molecule has 0 unspecified atom stereocenters. The summed E-state index contributed by atoms with van der Waals surface area (Å²) < 4.78 is 0. The number of nitro groups is 1. The van der Waals surface area contributed by atoms with E-state index in [2.05, 4.69) is 4.98 Å². The summed E-state index contributed by atoms with van der Waals surface area (Å²) in [5.74, 6) is -0.163. The first-order valence-corrected chi connectivity index (χ1v) is 6.27. The average molecular weight is 277 g/mol. The predicted molar refractivity (Wildman–Crippen MR) is 76.6 cm³/mol. The van der Waals surface area contributed by atoms with Crippen molar-refractivity contribution in [2.75, 3.05) is 0 Å². The fourth-order valence-electron chi connectivity index (χ4n) is 1.87. The standard InChI is InChI=1S/C14H13ClN2O2/c1-9(2)13(17(18)19)8-10-5-6-12(15)11-4-3-7-16-14(10)11/h3-9H,1-2H3/b13-8-. The molecule has 19 heavy (non-hydrogen) atoms. The minimum atomic E-state index is -0.353. The van der Waals surface area contributed by atoms with Crippen molar-refractivity contribution >= 4 is 28.6 Å². The second-order valence-electron chi connectivity index (χ2n) is 4.52. The van der Waals surface area contributed by atoms with Gasteiger partial charge in [0.2, 0.25) is 5.70 Å². The quantitative estimate of drug-likeness (QED) is 0.625. The molecule has 0 amide bonds. The van der Waals surface area contributed by atoms with Crippen LogP contribution < -0.4 is 0 Å². The third kappa shape index (κ3) is 2.74. The van der Waals surface area contributed by atoms with E-state index in [1.54, 1.807) is 44.3 Å². The first kappa shape index (κ1) is 13.5. The predicted octanol–water partition coefficient (Wildman–Crippen LogP) is 4.16. The molecule has 0 spiro atoms. The maximum Gasteiger partial charge on any atom is 0.249 e. The minimum absolute atomic E-state index is 0.161. The summed E-state index contributed by atoms with van der Waals surface area (Å²) in [6, 6.07) is 7.13. The highest BCUT2D eigenvalue weighted by Gasteiger charge is 2.16. The van der Waals surface area contributed by atoms with Crippen molar-refractivity contribution in [3.8, 4) is 0 Å². The Bertz CT molecular complexity index is 666. The van der Waals surface area contributed by atoms with Crippen LogP contribution in [0.1, 0.15) is 19.4 Å². The summed E-state index contributed by atoms with van der Waals surface area (Å²) in [4.78, 5) is 14.9. The Morgan fingerprint density at radius 3 is 2.79 bits per heavy atom. The maximum atomic E-state index is 11.0. The molecule has 0 aliphatic heterocycles. The molecule has 0 aliphatic carbocycles. The smallest absolute Gasteiger partial charge is 0.249 e. The van der Waals surface area contributed by atoms with Crippen molar-refractivity contribution in [3.05, 3.63) is 56.9 Å². The molecule has 0 saturated carbocycles. The molecular formula is C14H13ClN2O2. The molecule has 0 aliphatic rings. The average Bonchev–Trinajstić information content (AvgIpc) is 2.37. The molecule has 0 fully saturated rings. The molecule has 0 radical (unpaired) electrons. The number of pyridine rings is 1. The van der Waals surface area contributed by atoms with Crippen LogP contribution in [0.2, 0.25) is 5.02 Å². The lowest BCUT2D eigenvalue weighted by Gasteiger charge is -2.05. The van der Waals surface area contributed by atoms with Crippen LogP contribution in [0.3, 0.4) is 0 Å². The van der Waals surface area contributed by atoms with Crippen molar-refractivity contribution in [1.29, 1.82) is 0 Å². The van der Waals surface area contributed by atoms with Gasteiger partial charge < -0.3 is 0 Å². The fraction of sp³-hybridized carbons (Fsp3) is 0.214. The van der Waals surface area contributed by atoms with Crippen LogP contribution in [-0.2, 0) is 0 Å². The van der Waals surface area contributed by atoms with Crippen molar-refractivity contribution in [2.45, 2.75) is 13.8 Å². The highest BCUT2D eigenvalue weighted by atomic mass is 35.5. The van der Waals surface area contributed by atoms with Crippen LogP contribution in [0.25, 0.3) is 17.0 Å². The number of halogens is 1. The molecule has 0 atom stereocenters. The van der Waals surface area contributed by atoms with Gasteiger partial charge in [0.15, 0.2) is 0 Å². The number of aromatic nitrogens is 1. The number of nitrogens with zero attached hydrogens (tertiary/aromatic N) is 2. The van der Waals surface area contributed by atoms with E-state index in [4.69, 9.17) is 11.6 Å². The number of rotatable bonds is 3. The number of fused-ring (bicyclic) bond motifs is 1. The molecular weight excluding hydrogens is 264 g/mol. The van der Waals surface area contributed by atoms with E-state index in [9.17, 15) is 10.1 Å². The maximum absolute atomic E-state index is 11.0. The molecule has 98 valence electrons. The Labute approximate surface area is 115 Å². The van der Waals surface area contributed by atoms with E-state index in [1.807, 2.05) is 6.07 Å². The lowest BCUT2D eigenvalue weighted by Crippen LogP contribution is -2.05. The van der Waals surface area contributed by atoms with Gasteiger partial charge in [0.1, 0.15) is 0 Å². The second-order valence-corrected chi connectivity index (χ2v) is 4.92. The monoisotopic (exact) mass is 276 g/mol. The fourth-order valence-corrected chi connectivity index (χ4v) is 2.08. The highest BCUT2D eigenvalue weighted by molar-refractivity contribution is 6.35. The summed E-state index contributed by atoms with van der Waals surface area (Å²) in [6.07, 6.45) is 3.22. The van der Waals surface area contributed by atoms with Gasteiger partial charge in [-0.1, -0.05) is 31.5 Å². The molecule has 1 heterocycles. The van der Waals surface area contributed by atoms with E-state index in [0.717, 1.165) is 5.39 Å². The third-order valence-electron chi connectivity index (χ3n) is 2.85. The van der Waals surface area contributed by atoms with E-state index < -0.39 is 0 Å². The molecule has 2 aromatic rings. The number of benzene rings is 1. The van der Waals surface area contributed by atoms with Crippen molar-refractivity contribution in [1.82, 2.24) is 4.98 Å². The van der Waals surface area contributed by atoms with Crippen LogP contribution in [-0.4, -0.2) is 9.91 Å². The SMILES string of the molecule is CC(C)/C(=C/c1ccc(Cl)c2cccnc12)[N+](=O)[O-]. The van der Waals surface area contributed by atoms with Crippen LogP contribution >= 0.6 is 11.6 Å². The van der Waals surface area contributed by atoms with Crippen LogP contribution in [0.4, 0.5) is 0 Å². The second kappa shape index (κ2) is 5.36. The summed E-state index contributed by atoms with van der Waals surface area (Å²) in [6.45, 7) is 3.58. The first-order chi connectivity index (χ1) is 9.00. The summed E-state index contributed by atoms with van der Waals surface area (Å²) in [5.41, 5.74) is 1.55. The van der Waals surface area contributed by atoms with Crippen molar-refractivity contribution < 1.29 is 4.92 Å². The number of allylic oxidation sites excluding steroid dienone is 1. The van der Waals surface area contributed by atoms with Gasteiger partial charge in [-0.3, -0.25) is 15.1 Å². The molecule has 1 aromatic carbocycles. The third-order valence-corrected chi connectivity index (χ3v) is 3.18. The zero-order valence-electron chi connectivity index (χ0n) is 10.6. The van der Waals surface area contributed by atoms with Gasteiger partial charge >= 0.3 is 0 Å². The molecule has 4 nitrogen and oxygen atoms in total. The highest BCUT2D eigenvalue weighted by Crippen LogP contribution is 2.27. The minimum Gasteiger partial charge on any atom is -0.259 e. The largest absolute Gasteiger partial charge is 0.259 e. The van der Waals surface area contributed by atoms with Crippen molar-refractivity contribution in [2.24, 2.45) is 5.92 Å². The lowest BCUT2D eigenvalue weighted by molar-refractivity contribution is -0.431. The van der Waals surface area contributed by atoms with Gasteiger partial charge in [0, 0.05) is 29.1 Å². The zero-order chi connectivity index (χ0) is 14.0. The van der Waals surface area contributed by atoms with Gasteiger partial charge in [-0.05, 0) is 18.2 Å².